The van der Waals surface area contributed by atoms with E-state index in [2.05, 4.69) is 10.1 Å². The number of ether oxygens (including phenoxy) is 2. The molecular weight excluding hydrogens is 304 g/mol. The van der Waals surface area contributed by atoms with Crippen LogP contribution < -0.4 is 15.8 Å². The first-order valence-corrected chi connectivity index (χ1v) is 7.22. The lowest BCUT2D eigenvalue weighted by molar-refractivity contribution is 0.0601. The number of hydrogen-bond donors (Lipinski definition) is 2. The van der Waals surface area contributed by atoms with Crippen molar-refractivity contribution in [2.45, 2.75) is 6.92 Å². The van der Waals surface area contributed by atoms with Crippen LogP contribution >= 0.6 is 11.3 Å². The Morgan fingerprint density at radius 3 is 2.36 bits per heavy atom. The number of anilines is 2. The van der Waals surface area contributed by atoms with Crippen LogP contribution in [0.25, 0.3) is 0 Å². The summed E-state index contributed by atoms with van der Waals surface area (Å²) in [4.78, 5) is 24.4. The topological polar surface area (TPSA) is 90.7 Å². The second kappa shape index (κ2) is 6.48. The number of thiophene rings is 1. The Balaban J connectivity index is 2.24. The molecule has 0 radical (unpaired) electrons. The van der Waals surface area contributed by atoms with Gasteiger partial charge in [-0.3, -0.25) is 4.79 Å². The fourth-order valence-corrected chi connectivity index (χ4v) is 2.93. The Labute approximate surface area is 131 Å². The molecule has 0 bridgehead atoms. The van der Waals surface area contributed by atoms with E-state index in [1.54, 1.807) is 38.3 Å². The third-order valence-corrected chi connectivity index (χ3v) is 4.24. The van der Waals surface area contributed by atoms with Gasteiger partial charge in [0.1, 0.15) is 10.8 Å². The van der Waals surface area contributed by atoms with Gasteiger partial charge in [-0.25, -0.2) is 4.79 Å². The molecule has 1 aromatic carbocycles. The van der Waals surface area contributed by atoms with Gasteiger partial charge in [0, 0.05) is 5.69 Å². The number of methoxy groups -OCH3 is 2. The minimum absolute atomic E-state index is 0.243. The van der Waals surface area contributed by atoms with Crippen molar-refractivity contribution in [3.8, 4) is 5.75 Å². The molecule has 1 aromatic heterocycles. The minimum atomic E-state index is -0.547. The maximum Gasteiger partial charge on any atom is 0.341 e. The monoisotopic (exact) mass is 320 g/mol. The number of rotatable bonds is 4. The van der Waals surface area contributed by atoms with E-state index < -0.39 is 5.97 Å². The zero-order valence-electron chi connectivity index (χ0n) is 12.4. The van der Waals surface area contributed by atoms with Crippen LogP contribution in [0.15, 0.2) is 24.3 Å². The van der Waals surface area contributed by atoms with Crippen LogP contribution in [0, 0.1) is 6.92 Å². The third kappa shape index (κ3) is 3.04. The maximum absolute atomic E-state index is 12.3. The summed E-state index contributed by atoms with van der Waals surface area (Å²) in [5.74, 6) is -0.174. The number of hydrogen-bond acceptors (Lipinski definition) is 6. The van der Waals surface area contributed by atoms with Crippen molar-refractivity contribution in [2.75, 3.05) is 25.3 Å². The minimum Gasteiger partial charge on any atom is -0.497 e. The van der Waals surface area contributed by atoms with Gasteiger partial charge < -0.3 is 20.5 Å². The molecule has 0 aliphatic heterocycles. The van der Waals surface area contributed by atoms with E-state index in [1.807, 2.05) is 0 Å². The van der Waals surface area contributed by atoms with Crippen LogP contribution in [0.4, 0.5) is 10.7 Å². The van der Waals surface area contributed by atoms with Gasteiger partial charge in [0.2, 0.25) is 0 Å². The van der Waals surface area contributed by atoms with Crippen molar-refractivity contribution in [1.82, 2.24) is 0 Å². The average molecular weight is 320 g/mol. The van der Waals surface area contributed by atoms with Gasteiger partial charge in [-0.2, -0.15) is 0 Å². The van der Waals surface area contributed by atoms with E-state index in [1.165, 1.54) is 7.11 Å². The summed E-state index contributed by atoms with van der Waals surface area (Å²) in [6, 6.07) is 6.94. The number of esters is 1. The lowest BCUT2D eigenvalue weighted by atomic mass is 10.1. The SMILES string of the molecule is COC(=O)c1c(N)sc(C(=O)Nc2ccc(OC)cc2)c1C. The molecule has 0 atom stereocenters. The van der Waals surface area contributed by atoms with E-state index in [0.717, 1.165) is 11.3 Å². The second-order valence-corrected chi connectivity index (χ2v) is 5.52. The number of benzene rings is 1. The van der Waals surface area contributed by atoms with Crippen molar-refractivity contribution in [3.63, 3.8) is 0 Å². The molecule has 116 valence electrons. The van der Waals surface area contributed by atoms with Crippen LogP contribution in [-0.4, -0.2) is 26.1 Å². The van der Waals surface area contributed by atoms with Crippen LogP contribution in [0.2, 0.25) is 0 Å². The zero-order valence-corrected chi connectivity index (χ0v) is 13.2. The molecule has 3 N–H and O–H groups in total. The highest BCUT2D eigenvalue weighted by Gasteiger charge is 2.23. The van der Waals surface area contributed by atoms with Gasteiger partial charge in [-0.1, -0.05) is 0 Å². The molecule has 0 spiro atoms. The van der Waals surface area contributed by atoms with Gasteiger partial charge >= 0.3 is 5.97 Å². The lowest BCUT2D eigenvalue weighted by Crippen LogP contribution is -2.12. The van der Waals surface area contributed by atoms with E-state index in [0.29, 0.717) is 21.9 Å². The second-order valence-electron chi connectivity index (χ2n) is 4.47. The largest absolute Gasteiger partial charge is 0.497 e. The summed E-state index contributed by atoms with van der Waals surface area (Å²) in [5, 5.41) is 3.02. The summed E-state index contributed by atoms with van der Waals surface area (Å²) >= 11 is 1.06. The smallest absolute Gasteiger partial charge is 0.341 e. The van der Waals surface area contributed by atoms with Gasteiger partial charge in [0.15, 0.2) is 0 Å². The Bertz CT molecular complexity index is 707. The maximum atomic E-state index is 12.3. The third-order valence-electron chi connectivity index (χ3n) is 3.12. The van der Waals surface area contributed by atoms with Crippen LogP contribution in [0.1, 0.15) is 25.6 Å². The first kappa shape index (κ1) is 15.8. The number of nitrogens with one attached hydrogen (secondary N) is 1. The number of carbonyl (C=O) groups is 2. The molecule has 22 heavy (non-hydrogen) atoms. The van der Waals surface area contributed by atoms with Crippen LogP contribution in [-0.2, 0) is 4.74 Å². The summed E-state index contributed by atoms with van der Waals surface area (Å²) < 4.78 is 9.73. The molecule has 6 nitrogen and oxygen atoms in total. The van der Waals surface area contributed by atoms with E-state index in [4.69, 9.17) is 10.5 Å². The predicted octanol–water partition coefficient (Wildman–Crippen LogP) is 2.69. The summed E-state index contributed by atoms with van der Waals surface area (Å²) in [6.45, 7) is 1.67. The molecule has 2 aromatic rings. The number of nitrogen functional groups attached to an aromatic ring is 1. The number of carbonyl (C=O) groups excluding carboxylic acids is 2. The summed E-state index contributed by atoms with van der Waals surface area (Å²) in [6.07, 6.45) is 0. The van der Waals surface area contributed by atoms with Gasteiger partial charge in [-0.05, 0) is 36.8 Å². The molecule has 2 rings (SSSR count). The number of nitrogens with two attached hydrogens (primary N) is 1. The standard InChI is InChI=1S/C15H16N2O4S/c1-8-11(15(19)21-3)13(16)22-12(8)14(18)17-9-4-6-10(20-2)7-5-9/h4-7H,16H2,1-3H3,(H,17,18). The highest BCUT2D eigenvalue weighted by atomic mass is 32.1. The average Bonchev–Trinajstić information content (AvgIpc) is 2.82. The molecular formula is C15H16N2O4S. The van der Waals surface area contributed by atoms with E-state index in [-0.39, 0.29) is 16.5 Å². The molecule has 0 aliphatic rings. The first-order valence-electron chi connectivity index (χ1n) is 6.40. The van der Waals surface area contributed by atoms with Crippen molar-refractivity contribution in [3.05, 3.63) is 40.3 Å². The molecule has 0 aliphatic carbocycles. The van der Waals surface area contributed by atoms with Crippen LogP contribution in [0.5, 0.6) is 5.75 Å². The Kier molecular flexibility index (Phi) is 4.67. The van der Waals surface area contributed by atoms with Gasteiger partial charge in [0.25, 0.3) is 5.91 Å². The molecule has 0 saturated carbocycles. The Hall–Kier alpha value is -2.54. The summed E-state index contributed by atoms with van der Waals surface area (Å²) in [7, 11) is 2.84. The first-order chi connectivity index (χ1) is 10.5. The van der Waals surface area contributed by atoms with Gasteiger partial charge in [-0.15, -0.1) is 11.3 Å². The van der Waals surface area contributed by atoms with Crippen molar-refractivity contribution in [1.29, 1.82) is 0 Å². The van der Waals surface area contributed by atoms with E-state index >= 15 is 0 Å². The quantitative estimate of drug-likeness (QED) is 0.845. The Morgan fingerprint density at radius 1 is 1.18 bits per heavy atom. The fraction of sp³-hybridized carbons (Fsp3) is 0.200. The molecule has 1 amide bonds. The highest BCUT2D eigenvalue weighted by molar-refractivity contribution is 7.18. The van der Waals surface area contributed by atoms with Crippen molar-refractivity contribution >= 4 is 33.9 Å². The fourth-order valence-electron chi connectivity index (χ4n) is 1.97. The molecule has 7 heteroatoms. The zero-order chi connectivity index (χ0) is 16.3. The predicted molar refractivity (Wildman–Crippen MR) is 85.8 cm³/mol. The number of amides is 1. The normalized spacial score (nSPS) is 10.1. The molecule has 0 unspecified atom stereocenters. The van der Waals surface area contributed by atoms with Gasteiger partial charge in [0.05, 0.1) is 24.7 Å². The van der Waals surface area contributed by atoms with Crippen molar-refractivity contribution < 1.29 is 19.1 Å². The lowest BCUT2D eigenvalue weighted by Gasteiger charge is -2.06. The van der Waals surface area contributed by atoms with Crippen LogP contribution in [0.3, 0.4) is 0 Å². The molecule has 0 fully saturated rings. The van der Waals surface area contributed by atoms with Crippen molar-refractivity contribution in [2.24, 2.45) is 0 Å². The summed E-state index contributed by atoms with van der Waals surface area (Å²) in [5.41, 5.74) is 7.19. The highest BCUT2D eigenvalue weighted by Crippen LogP contribution is 2.31. The molecule has 1 heterocycles. The van der Waals surface area contributed by atoms with E-state index in [9.17, 15) is 9.59 Å². The molecule has 0 saturated heterocycles. The Morgan fingerprint density at radius 2 is 1.82 bits per heavy atom.